The molecule has 2 atom stereocenters. The lowest BCUT2D eigenvalue weighted by atomic mass is 9.94. The monoisotopic (exact) mass is 602 g/mol. The van der Waals surface area contributed by atoms with Crippen molar-refractivity contribution in [3.05, 3.63) is 82.7 Å². The molecule has 3 heterocycles. The van der Waals surface area contributed by atoms with Crippen molar-refractivity contribution in [3.8, 4) is 17.2 Å². The lowest BCUT2D eigenvalue weighted by Gasteiger charge is -2.24. The number of fused-ring (bicyclic) bond motifs is 2. The summed E-state index contributed by atoms with van der Waals surface area (Å²) in [7, 11) is 1.51. The number of amides is 1. The Balaban J connectivity index is 1.49. The first-order valence-corrected chi connectivity index (χ1v) is 14.9. The third-order valence-corrected chi connectivity index (χ3v) is 8.63. The predicted octanol–water partition coefficient (Wildman–Crippen LogP) is 6.82. The van der Waals surface area contributed by atoms with Crippen molar-refractivity contribution in [2.45, 2.75) is 45.8 Å². The van der Waals surface area contributed by atoms with Gasteiger partial charge in [0.15, 0.2) is 16.6 Å². The number of nitrogens with zero attached hydrogens (tertiary/aromatic N) is 2. The number of aromatic nitrogens is 1. The first-order chi connectivity index (χ1) is 20.6. The Kier molecular flexibility index (Phi) is 7.56. The Hall–Kier alpha value is -4.44. The number of hydrogen-bond donors (Lipinski definition) is 1. The number of benzene rings is 3. The second kappa shape index (κ2) is 11.3. The molecule has 0 bridgehead atoms. The molecule has 3 aromatic carbocycles. The number of methoxy groups -OCH3 is 1. The van der Waals surface area contributed by atoms with E-state index >= 15 is 0 Å². The summed E-state index contributed by atoms with van der Waals surface area (Å²) in [5.74, 6) is -0.323. The normalized spacial score (nSPS) is 19.3. The molecule has 1 amide bonds. The van der Waals surface area contributed by atoms with Crippen LogP contribution in [0.5, 0.6) is 17.2 Å². The Labute approximate surface area is 252 Å². The molecule has 10 heteroatoms. The molecule has 4 aromatic rings. The first kappa shape index (κ1) is 28.7. The summed E-state index contributed by atoms with van der Waals surface area (Å²) < 4.78 is 31.9. The summed E-state index contributed by atoms with van der Waals surface area (Å²) in [6.45, 7) is 6.67. The molecule has 1 N–H and O–H groups in total. The number of thiazole rings is 1. The van der Waals surface area contributed by atoms with E-state index in [1.807, 2.05) is 6.92 Å². The number of Topliss-reactive ketones (excluding diaryl/α,β-unsaturated/α-hetero) is 1. The molecular formula is C33H31FN2O6S. The summed E-state index contributed by atoms with van der Waals surface area (Å²) in [6.07, 6.45) is 1.51. The van der Waals surface area contributed by atoms with Gasteiger partial charge in [-0.05, 0) is 78.9 Å². The number of anilines is 1. The van der Waals surface area contributed by atoms with Crippen LogP contribution in [0.1, 0.15) is 49.9 Å². The summed E-state index contributed by atoms with van der Waals surface area (Å²) in [4.78, 5) is 33.2. The van der Waals surface area contributed by atoms with Gasteiger partial charge in [0.05, 0.1) is 35.5 Å². The molecule has 0 spiro atoms. The molecule has 222 valence electrons. The highest BCUT2D eigenvalue weighted by Gasteiger charge is 2.48. The number of carbonyl (C=O) groups excluding carboxylic acids is 2. The van der Waals surface area contributed by atoms with Crippen LogP contribution in [0, 0.1) is 11.7 Å². The van der Waals surface area contributed by atoms with E-state index in [-0.39, 0.29) is 22.6 Å². The van der Waals surface area contributed by atoms with E-state index in [9.17, 15) is 19.1 Å². The molecule has 0 aliphatic carbocycles. The van der Waals surface area contributed by atoms with E-state index in [2.05, 4.69) is 18.8 Å². The van der Waals surface area contributed by atoms with Crippen LogP contribution in [0.25, 0.3) is 16.0 Å². The smallest absolute Gasteiger partial charge is 0.301 e. The number of carbonyl (C=O) groups is 2. The van der Waals surface area contributed by atoms with Gasteiger partial charge >= 0.3 is 5.91 Å². The van der Waals surface area contributed by atoms with Gasteiger partial charge in [-0.25, -0.2) is 9.37 Å². The number of hydrogen-bond acceptors (Lipinski definition) is 8. The molecular weight excluding hydrogens is 571 g/mol. The Morgan fingerprint density at radius 1 is 1.14 bits per heavy atom. The molecule has 0 radical (unpaired) electrons. The number of halogens is 1. The van der Waals surface area contributed by atoms with Crippen LogP contribution in [-0.4, -0.2) is 41.6 Å². The van der Waals surface area contributed by atoms with Gasteiger partial charge in [0.2, 0.25) is 0 Å². The van der Waals surface area contributed by atoms with Gasteiger partial charge in [-0.3, -0.25) is 14.5 Å². The van der Waals surface area contributed by atoms with E-state index in [1.54, 1.807) is 36.4 Å². The molecule has 1 fully saturated rings. The van der Waals surface area contributed by atoms with Crippen molar-refractivity contribution < 1.29 is 33.3 Å². The van der Waals surface area contributed by atoms with Crippen molar-refractivity contribution in [1.82, 2.24) is 4.98 Å². The highest BCUT2D eigenvalue weighted by Crippen LogP contribution is 2.46. The van der Waals surface area contributed by atoms with Gasteiger partial charge in [-0.15, -0.1) is 0 Å². The van der Waals surface area contributed by atoms with Gasteiger partial charge < -0.3 is 19.3 Å². The third-order valence-electron chi connectivity index (χ3n) is 7.62. The van der Waals surface area contributed by atoms with Crippen LogP contribution in [0.2, 0.25) is 0 Å². The number of aliphatic hydroxyl groups is 1. The fraction of sp³-hybridized carbons (Fsp3) is 0.303. The van der Waals surface area contributed by atoms with Crippen LogP contribution in [0.4, 0.5) is 9.52 Å². The second-order valence-corrected chi connectivity index (χ2v) is 12.2. The number of ketones is 1. The molecule has 1 saturated heterocycles. The van der Waals surface area contributed by atoms with Crippen molar-refractivity contribution in [2.24, 2.45) is 5.92 Å². The lowest BCUT2D eigenvalue weighted by Crippen LogP contribution is -2.29. The van der Waals surface area contributed by atoms with Crippen LogP contribution >= 0.6 is 11.3 Å². The maximum atomic E-state index is 14.0. The summed E-state index contributed by atoms with van der Waals surface area (Å²) >= 11 is 1.09. The van der Waals surface area contributed by atoms with E-state index in [0.29, 0.717) is 51.8 Å². The van der Waals surface area contributed by atoms with Crippen LogP contribution in [-0.2, 0) is 16.0 Å². The lowest BCUT2D eigenvalue weighted by molar-refractivity contribution is -0.132. The van der Waals surface area contributed by atoms with E-state index in [0.717, 1.165) is 29.1 Å². The van der Waals surface area contributed by atoms with Gasteiger partial charge in [0.1, 0.15) is 23.4 Å². The minimum absolute atomic E-state index is 0.00409. The molecule has 2 aliphatic rings. The Bertz CT molecular complexity index is 1780. The van der Waals surface area contributed by atoms with Gasteiger partial charge in [-0.1, -0.05) is 31.3 Å². The first-order valence-electron chi connectivity index (χ1n) is 14.1. The zero-order valence-electron chi connectivity index (χ0n) is 24.2. The highest BCUT2D eigenvalue weighted by molar-refractivity contribution is 7.22. The Morgan fingerprint density at radius 3 is 2.72 bits per heavy atom. The second-order valence-electron chi connectivity index (χ2n) is 11.2. The zero-order chi connectivity index (χ0) is 30.4. The van der Waals surface area contributed by atoms with Gasteiger partial charge in [-0.2, -0.15) is 0 Å². The minimum atomic E-state index is -1.03. The largest absolute Gasteiger partial charge is 0.507 e. The average Bonchev–Trinajstić information content (AvgIpc) is 3.64. The maximum Gasteiger partial charge on any atom is 0.301 e. The quantitative estimate of drug-likeness (QED) is 0.134. The minimum Gasteiger partial charge on any atom is -0.507 e. The molecule has 2 aliphatic heterocycles. The summed E-state index contributed by atoms with van der Waals surface area (Å²) in [5.41, 5.74) is 2.21. The van der Waals surface area contributed by atoms with Gasteiger partial charge in [0, 0.05) is 12.0 Å². The van der Waals surface area contributed by atoms with Crippen molar-refractivity contribution >= 4 is 44.1 Å². The highest BCUT2D eigenvalue weighted by atomic mass is 32.1. The number of ether oxygens (including phenoxy) is 3. The van der Waals surface area contributed by atoms with Crippen molar-refractivity contribution in [2.75, 3.05) is 18.6 Å². The summed E-state index contributed by atoms with van der Waals surface area (Å²) in [5, 5.41) is 11.9. The molecule has 0 saturated carbocycles. The van der Waals surface area contributed by atoms with E-state index in [4.69, 9.17) is 14.2 Å². The zero-order valence-corrected chi connectivity index (χ0v) is 25.0. The Morgan fingerprint density at radius 2 is 1.95 bits per heavy atom. The van der Waals surface area contributed by atoms with Crippen LogP contribution in [0.15, 0.2) is 60.2 Å². The third kappa shape index (κ3) is 5.31. The topological polar surface area (TPSA) is 98.2 Å². The van der Waals surface area contributed by atoms with Crippen molar-refractivity contribution in [3.63, 3.8) is 0 Å². The standard InChI is InChI=1S/C33H31FN2O6S/c1-17(2)11-12-41-25-10-5-19(15-26(25)40-4)29-28(30(37)20-6-9-24-21(14-20)13-18(3)42-24)31(38)32(39)36(29)33-35-23-8-7-22(34)16-27(23)43-33/h5-10,14-18,29,37H,11-13H2,1-4H3/t18-,29+/m0/s1. The number of aliphatic hydroxyl groups excluding tert-OH is 1. The molecule has 6 rings (SSSR count). The summed E-state index contributed by atoms with van der Waals surface area (Å²) in [6, 6.07) is 13.5. The molecule has 8 nitrogen and oxygen atoms in total. The van der Waals surface area contributed by atoms with E-state index in [1.165, 1.54) is 30.2 Å². The fourth-order valence-electron chi connectivity index (χ4n) is 5.44. The van der Waals surface area contributed by atoms with E-state index < -0.39 is 23.5 Å². The van der Waals surface area contributed by atoms with Crippen LogP contribution in [0.3, 0.4) is 0 Å². The molecule has 43 heavy (non-hydrogen) atoms. The average molecular weight is 603 g/mol. The van der Waals surface area contributed by atoms with Crippen LogP contribution < -0.4 is 19.1 Å². The maximum absolute atomic E-state index is 14.0. The molecule has 1 aromatic heterocycles. The SMILES string of the molecule is COc1cc([C@@H]2C(=C(O)c3ccc4c(c3)C[C@H](C)O4)C(=O)C(=O)N2c2nc3ccc(F)cc3s2)ccc1OCCC(C)C. The predicted molar refractivity (Wildman–Crippen MR) is 163 cm³/mol. The molecule has 0 unspecified atom stereocenters. The van der Waals surface area contributed by atoms with Crippen molar-refractivity contribution in [1.29, 1.82) is 0 Å². The fourth-order valence-corrected chi connectivity index (χ4v) is 6.45. The number of rotatable bonds is 8. The van der Waals surface area contributed by atoms with Gasteiger partial charge in [0.25, 0.3) is 5.78 Å².